The quantitative estimate of drug-likeness (QED) is 0.348. The molecule has 0 N–H and O–H groups in total. The van der Waals surface area contributed by atoms with E-state index in [1.165, 1.54) is 0 Å². The first-order valence-electron chi connectivity index (χ1n) is 9.18. The minimum Gasteiger partial charge on any atom is -0.459 e. The van der Waals surface area contributed by atoms with E-state index < -0.39 is 0 Å². The molecule has 2 aromatic carbocycles. The molecule has 0 aromatic heterocycles. The van der Waals surface area contributed by atoms with Crippen LogP contribution in [0.1, 0.15) is 38.8 Å². The fourth-order valence-electron chi connectivity index (χ4n) is 2.95. The second-order valence-electron chi connectivity index (χ2n) is 7.10. The summed E-state index contributed by atoms with van der Waals surface area (Å²) in [4.78, 5) is 12.5. The van der Waals surface area contributed by atoms with Gasteiger partial charge in [0, 0.05) is 6.08 Å². The average Bonchev–Trinajstić information content (AvgIpc) is 2.64. The van der Waals surface area contributed by atoms with E-state index in [4.69, 9.17) is 4.74 Å². The zero-order valence-corrected chi connectivity index (χ0v) is 16.1. The van der Waals surface area contributed by atoms with E-state index in [-0.39, 0.29) is 23.9 Å². The zero-order valence-electron chi connectivity index (χ0n) is 16.1. The van der Waals surface area contributed by atoms with Crippen molar-refractivity contribution in [1.29, 1.82) is 0 Å². The first-order chi connectivity index (χ1) is 12.5. The Morgan fingerprint density at radius 3 is 1.92 bits per heavy atom. The van der Waals surface area contributed by atoms with Crippen molar-refractivity contribution in [2.75, 3.05) is 0 Å². The molecular weight excluding hydrogens is 320 g/mol. The average molecular weight is 348 g/mol. The maximum Gasteiger partial charge on any atom is 0.331 e. The Morgan fingerprint density at radius 2 is 1.38 bits per heavy atom. The van der Waals surface area contributed by atoms with Crippen LogP contribution in [0.15, 0.2) is 72.8 Å². The summed E-state index contributed by atoms with van der Waals surface area (Å²) < 4.78 is 5.73. The van der Waals surface area contributed by atoms with Gasteiger partial charge in [0.2, 0.25) is 0 Å². The molecule has 2 aromatic rings. The molecule has 2 nitrogen and oxygen atoms in total. The van der Waals surface area contributed by atoms with Gasteiger partial charge < -0.3 is 4.74 Å². The summed E-state index contributed by atoms with van der Waals surface area (Å²) in [6.45, 7) is 8.31. The molecule has 0 aliphatic rings. The highest BCUT2D eigenvalue weighted by molar-refractivity contribution is 5.95. The van der Waals surface area contributed by atoms with Gasteiger partial charge in [-0.3, -0.25) is 0 Å². The van der Waals surface area contributed by atoms with Crippen molar-refractivity contribution in [2.45, 2.75) is 33.8 Å². The SMILES string of the molecule is CC(C)C(OC(=O)/C=C(/C=C/c1ccccc1)c1ccccc1)C(C)C. The standard InChI is InChI=1S/C24H28O2/c1-18(2)24(19(3)4)26-23(25)17-22(21-13-9-6-10-14-21)16-15-20-11-7-5-8-12-20/h5-19,24H,1-4H3/b16-15+,22-17-. The molecule has 0 fully saturated rings. The van der Waals surface area contributed by atoms with Gasteiger partial charge in [0.05, 0.1) is 0 Å². The lowest BCUT2D eigenvalue weighted by Gasteiger charge is -2.24. The lowest BCUT2D eigenvalue weighted by Crippen LogP contribution is -2.28. The number of benzene rings is 2. The summed E-state index contributed by atoms with van der Waals surface area (Å²) in [6, 6.07) is 19.9. The zero-order chi connectivity index (χ0) is 18.9. The Hall–Kier alpha value is -2.61. The van der Waals surface area contributed by atoms with Gasteiger partial charge in [-0.15, -0.1) is 0 Å². The monoisotopic (exact) mass is 348 g/mol. The fourth-order valence-corrected chi connectivity index (χ4v) is 2.95. The van der Waals surface area contributed by atoms with Crippen molar-refractivity contribution >= 4 is 17.6 Å². The first kappa shape index (κ1) is 19.7. The van der Waals surface area contributed by atoms with Crippen LogP contribution in [0.4, 0.5) is 0 Å². The van der Waals surface area contributed by atoms with Crippen LogP contribution in [0.3, 0.4) is 0 Å². The first-order valence-corrected chi connectivity index (χ1v) is 9.18. The number of ether oxygens (including phenoxy) is 1. The molecule has 0 bridgehead atoms. The summed E-state index contributed by atoms with van der Waals surface area (Å²) in [5.74, 6) is 0.272. The second kappa shape index (κ2) is 9.76. The van der Waals surface area contributed by atoms with Crippen molar-refractivity contribution < 1.29 is 9.53 Å². The van der Waals surface area contributed by atoms with E-state index in [9.17, 15) is 4.79 Å². The van der Waals surface area contributed by atoms with E-state index in [0.717, 1.165) is 16.7 Å². The minimum absolute atomic E-state index is 0.0890. The van der Waals surface area contributed by atoms with E-state index in [1.807, 2.05) is 72.8 Å². The summed E-state index contributed by atoms with van der Waals surface area (Å²) in [7, 11) is 0. The molecule has 2 rings (SSSR count). The van der Waals surface area contributed by atoms with Gasteiger partial charge in [0.15, 0.2) is 0 Å². The number of carbonyl (C=O) groups excluding carboxylic acids is 1. The Kier molecular flexibility index (Phi) is 7.40. The number of hydrogen-bond donors (Lipinski definition) is 0. The highest BCUT2D eigenvalue weighted by Gasteiger charge is 2.21. The lowest BCUT2D eigenvalue weighted by molar-refractivity contribution is -0.147. The highest BCUT2D eigenvalue weighted by atomic mass is 16.5. The van der Waals surface area contributed by atoms with Crippen molar-refractivity contribution in [3.05, 3.63) is 83.9 Å². The number of carbonyl (C=O) groups is 1. The van der Waals surface area contributed by atoms with Crippen LogP contribution >= 0.6 is 0 Å². The molecule has 0 amide bonds. The van der Waals surface area contributed by atoms with E-state index in [1.54, 1.807) is 6.08 Å². The molecule has 0 unspecified atom stereocenters. The van der Waals surface area contributed by atoms with Crippen LogP contribution in [-0.4, -0.2) is 12.1 Å². The van der Waals surface area contributed by atoms with Gasteiger partial charge >= 0.3 is 5.97 Å². The van der Waals surface area contributed by atoms with E-state index in [2.05, 4.69) is 27.7 Å². The summed E-state index contributed by atoms with van der Waals surface area (Å²) in [5, 5.41) is 0. The number of hydrogen-bond acceptors (Lipinski definition) is 2. The number of esters is 1. The second-order valence-corrected chi connectivity index (χ2v) is 7.10. The van der Waals surface area contributed by atoms with Gasteiger partial charge in [-0.1, -0.05) is 101 Å². The summed E-state index contributed by atoms with van der Waals surface area (Å²) in [5.41, 5.74) is 2.91. The molecule has 2 heteroatoms. The van der Waals surface area contributed by atoms with Crippen LogP contribution in [0.2, 0.25) is 0 Å². The largest absolute Gasteiger partial charge is 0.459 e. The Bertz CT molecular complexity index is 732. The topological polar surface area (TPSA) is 26.3 Å². The predicted octanol–water partition coefficient (Wildman–Crippen LogP) is 6.01. The van der Waals surface area contributed by atoms with Gasteiger partial charge in [0.1, 0.15) is 6.10 Å². The Balaban J connectivity index is 2.27. The van der Waals surface area contributed by atoms with E-state index >= 15 is 0 Å². The molecule has 0 saturated heterocycles. The van der Waals surface area contributed by atoms with Gasteiger partial charge in [-0.2, -0.15) is 0 Å². The third kappa shape index (κ3) is 6.03. The third-order valence-corrected chi connectivity index (χ3v) is 4.20. The lowest BCUT2D eigenvalue weighted by atomic mass is 9.96. The van der Waals surface area contributed by atoms with Crippen molar-refractivity contribution in [2.24, 2.45) is 11.8 Å². The molecule has 0 saturated carbocycles. The molecule has 136 valence electrons. The van der Waals surface area contributed by atoms with Gasteiger partial charge in [-0.05, 0) is 28.5 Å². The van der Waals surface area contributed by atoms with Crippen LogP contribution in [-0.2, 0) is 9.53 Å². The molecule has 0 spiro atoms. The minimum atomic E-state index is -0.297. The van der Waals surface area contributed by atoms with Crippen molar-refractivity contribution in [3.8, 4) is 0 Å². The van der Waals surface area contributed by atoms with Crippen LogP contribution < -0.4 is 0 Å². The number of rotatable bonds is 7. The molecule has 0 aliphatic heterocycles. The van der Waals surface area contributed by atoms with Crippen molar-refractivity contribution in [3.63, 3.8) is 0 Å². The molecule has 0 atom stereocenters. The third-order valence-electron chi connectivity index (χ3n) is 4.20. The molecule has 26 heavy (non-hydrogen) atoms. The number of allylic oxidation sites excluding steroid dienone is 2. The van der Waals surface area contributed by atoms with Crippen LogP contribution in [0.25, 0.3) is 11.6 Å². The van der Waals surface area contributed by atoms with Crippen LogP contribution in [0, 0.1) is 11.8 Å². The maximum atomic E-state index is 12.5. The predicted molar refractivity (Wildman–Crippen MR) is 109 cm³/mol. The van der Waals surface area contributed by atoms with Crippen molar-refractivity contribution in [1.82, 2.24) is 0 Å². The Labute approximate surface area is 157 Å². The van der Waals surface area contributed by atoms with Gasteiger partial charge in [-0.25, -0.2) is 4.79 Å². The molecule has 0 heterocycles. The van der Waals surface area contributed by atoms with E-state index in [0.29, 0.717) is 0 Å². The molecule has 0 radical (unpaired) electrons. The molecular formula is C24H28O2. The highest BCUT2D eigenvalue weighted by Crippen LogP contribution is 2.20. The summed E-state index contributed by atoms with van der Waals surface area (Å²) in [6.07, 6.45) is 5.47. The smallest absolute Gasteiger partial charge is 0.331 e. The van der Waals surface area contributed by atoms with Crippen LogP contribution in [0.5, 0.6) is 0 Å². The Morgan fingerprint density at radius 1 is 0.846 bits per heavy atom. The molecule has 0 aliphatic carbocycles. The maximum absolute atomic E-state index is 12.5. The fraction of sp³-hybridized carbons (Fsp3) is 0.292. The normalized spacial score (nSPS) is 12.3. The summed E-state index contributed by atoms with van der Waals surface area (Å²) >= 11 is 0. The van der Waals surface area contributed by atoms with Gasteiger partial charge in [0.25, 0.3) is 0 Å².